The lowest BCUT2D eigenvalue weighted by Gasteiger charge is -2.32. The third-order valence-corrected chi connectivity index (χ3v) is 13.3. The molecule has 2 aliphatic carbocycles. The van der Waals surface area contributed by atoms with E-state index in [2.05, 4.69) is 229 Å². The van der Waals surface area contributed by atoms with Crippen LogP contribution in [0.3, 0.4) is 0 Å². The third-order valence-electron chi connectivity index (χ3n) is 13.3. The maximum atomic E-state index is 6.95. The van der Waals surface area contributed by atoms with Crippen LogP contribution in [0.1, 0.15) is 22.3 Å². The number of furan rings is 1. The minimum atomic E-state index is -0.477. The molecule has 0 N–H and O–H groups in total. The molecule has 0 aliphatic heterocycles. The number of rotatable bonds is 5. The molecule has 2 aliphatic rings. The van der Waals surface area contributed by atoms with Crippen molar-refractivity contribution in [2.24, 2.45) is 0 Å². The molecule has 0 unspecified atom stereocenters. The van der Waals surface area contributed by atoms with Crippen LogP contribution in [-0.2, 0) is 5.41 Å². The normalized spacial score (nSPS) is 13.0. The molecule has 2 heteroatoms. The van der Waals surface area contributed by atoms with Crippen molar-refractivity contribution in [3.05, 3.63) is 247 Å². The first kappa shape index (κ1) is 34.0. The molecule has 0 fully saturated rings. The molecule has 0 saturated heterocycles. The summed E-state index contributed by atoms with van der Waals surface area (Å²) in [5.74, 6) is 0. The molecule has 0 saturated carbocycles. The van der Waals surface area contributed by atoms with Gasteiger partial charge >= 0.3 is 0 Å². The summed E-state index contributed by atoms with van der Waals surface area (Å²) in [7, 11) is 0. The zero-order valence-electron chi connectivity index (χ0n) is 33.2. The Hall–Kier alpha value is -7.94. The highest BCUT2D eigenvalue weighted by Crippen LogP contribution is 2.65. The summed E-state index contributed by atoms with van der Waals surface area (Å²) < 4.78 is 6.95. The molecule has 1 aromatic heterocycles. The van der Waals surface area contributed by atoms with Crippen molar-refractivity contribution >= 4 is 49.8 Å². The van der Waals surface area contributed by atoms with Crippen molar-refractivity contribution in [2.45, 2.75) is 5.41 Å². The second-order valence-corrected chi connectivity index (χ2v) is 16.3. The Morgan fingerprint density at radius 3 is 1.64 bits per heavy atom. The van der Waals surface area contributed by atoms with Crippen LogP contribution in [0.2, 0.25) is 0 Å². The summed E-state index contributed by atoms with van der Waals surface area (Å²) >= 11 is 0. The molecule has 0 radical (unpaired) electrons. The van der Waals surface area contributed by atoms with Crippen LogP contribution in [0.5, 0.6) is 0 Å². The molecule has 1 spiro atoms. The number of hydrogen-bond acceptors (Lipinski definition) is 2. The van der Waals surface area contributed by atoms with E-state index in [1.54, 1.807) is 0 Å². The van der Waals surface area contributed by atoms with Gasteiger partial charge in [0, 0.05) is 22.1 Å². The Morgan fingerprint density at radius 1 is 0.328 bits per heavy atom. The number of hydrogen-bond donors (Lipinski definition) is 0. The van der Waals surface area contributed by atoms with Crippen LogP contribution in [-0.4, -0.2) is 0 Å². The van der Waals surface area contributed by atoms with Crippen LogP contribution < -0.4 is 4.90 Å². The predicted octanol–water partition coefficient (Wildman–Crippen LogP) is 15.9. The fourth-order valence-electron chi connectivity index (χ4n) is 10.9. The fourth-order valence-corrected chi connectivity index (χ4v) is 10.9. The maximum absolute atomic E-state index is 6.95. The topological polar surface area (TPSA) is 16.4 Å². The van der Waals surface area contributed by atoms with Crippen LogP contribution in [0.15, 0.2) is 229 Å². The largest absolute Gasteiger partial charge is 0.455 e. The van der Waals surface area contributed by atoms with Crippen LogP contribution in [0.25, 0.3) is 77.2 Å². The van der Waals surface area contributed by atoms with Crippen molar-refractivity contribution in [3.63, 3.8) is 0 Å². The minimum Gasteiger partial charge on any atom is -0.455 e. The number of fused-ring (bicyclic) bond motifs is 14. The van der Waals surface area contributed by atoms with Crippen molar-refractivity contribution in [1.29, 1.82) is 0 Å². The summed E-state index contributed by atoms with van der Waals surface area (Å²) in [6.07, 6.45) is 0. The van der Waals surface area contributed by atoms with Gasteiger partial charge in [0.1, 0.15) is 11.2 Å². The standard InChI is InChI=1S/C59H37NO/c1-2-18-39(19-3-1)41-27-15-29-47-57-54(36-17-37-55(57)61-58(41)47)60(52-34-13-9-25-45(52)42-28-14-21-38-20-4-5-22-40(38)42)53-35-16-33-51-56(53)46-26-8-12-32-50(46)59(51)48-30-10-6-23-43(48)44-24-7-11-31-49(44)59/h1-37H. The smallest absolute Gasteiger partial charge is 0.143 e. The molecule has 10 aromatic carbocycles. The number of para-hydroxylation sites is 2. The Morgan fingerprint density at radius 2 is 0.836 bits per heavy atom. The molecular weight excluding hydrogens is 739 g/mol. The first-order valence-electron chi connectivity index (χ1n) is 21.1. The number of anilines is 3. The number of benzene rings is 10. The molecule has 0 amide bonds. The zero-order valence-corrected chi connectivity index (χ0v) is 33.2. The van der Waals surface area contributed by atoms with E-state index >= 15 is 0 Å². The molecule has 61 heavy (non-hydrogen) atoms. The first-order chi connectivity index (χ1) is 30.3. The van der Waals surface area contributed by atoms with Crippen LogP contribution in [0.4, 0.5) is 17.1 Å². The monoisotopic (exact) mass is 775 g/mol. The van der Waals surface area contributed by atoms with Gasteiger partial charge in [0.05, 0.1) is 27.9 Å². The zero-order chi connectivity index (χ0) is 40.1. The predicted molar refractivity (Wildman–Crippen MR) is 253 cm³/mol. The van der Waals surface area contributed by atoms with Crippen molar-refractivity contribution in [1.82, 2.24) is 0 Å². The number of nitrogens with zero attached hydrogens (tertiary/aromatic N) is 1. The molecule has 1 heterocycles. The average Bonchev–Trinajstić information content (AvgIpc) is 3.97. The molecule has 284 valence electrons. The Kier molecular flexibility index (Phi) is 7.26. The van der Waals surface area contributed by atoms with Crippen LogP contribution >= 0.6 is 0 Å². The van der Waals surface area contributed by atoms with Gasteiger partial charge in [-0.25, -0.2) is 0 Å². The van der Waals surface area contributed by atoms with E-state index < -0.39 is 5.41 Å². The fraction of sp³-hybridized carbons (Fsp3) is 0.0169. The molecule has 0 bridgehead atoms. The van der Waals surface area contributed by atoms with Crippen molar-refractivity contribution in [3.8, 4) is 44.5 Å². The van der Waals surface area contributed by atoms with E-state index in [-0.39, 0.29) is 0 Å². The van der Waals surface area contributed by atoms with Gasteiger partial charge in [-0.3, -0.25) is 0 Å². The highest BCUT2D eigenvalue weighted by molar-refractivity contribution is 6.17. The van der Waals surface area contributed by atoms with Crippen LogP contribution in [0, 0.1) is 0 Å². The summed E-state index contributed by atoms with van der Waals surface area (Å²) in [4.78, 5) is 2.53. The van der Waals surface area contributed by atoms with Gasteiger partial charge in [-0.15, -0.1) is 0 Å². The molecule has 11 aromatic rings. The van der Waals surface area contributed by atoms with Gasteiger partial charge in [-0.2, -0.15) is 0 Å². The van der Waals surface area contributed by atoms with E-state index in [1.807, 2.05) is 0 Å². The quantitative estimate of drug-likeness (QED) is 0.173. The van der Waals surface area contributed by atoms with Crippen molar-refractivity contribution < 1.29 is 4.42 Å². The van der Waals surface area contributed by atoms with E-state index in [1.165, 1.54) is 60.8 Å². The Bertz CT molecular complexity index is 3510. The lowest BCUT2D eigenvalue weighted by atomic mass is 9.70. The summed E-state index contributed by atoms with van der Waals surface area (Å²) in [5.41, 5.74) is 19.5. The van der Waals surface area contributed by atoms with Gasteiger partial charge in [-0.05, 0) is 85.1 Å². The van der Waals surface area contributed by atoms with E-state index in [0.29, 0.717) is 0 Å². The van der Waals surface area contributed by atoms with Gasteiger partial charge in [-0.1, -0.05) is 200 Å². The van der Waals surface area contributed by atoms with Gasteiger partial charge in [0.2, 0.25) is 0 Å². The highest BCUT2D eigenvalue weighted by Gasteiger charge is 2.52. The summed E-state index contributed by atoms with van der Waals surface area (Å²) in [6.45, 7) is 0. The second-order valence-electron chi connectivity index (χ2n) is 16.3. The van der Waals surface area contributed by atoms with E-state index in [4.69, 9.17) is 4.42 Å². The van der Waals surface area contributed by atoms with E-state index in [0.717, 1.165) is 55.7 Å². The second kappa shape index (κ2) is 13.0. The highest BCUT2D eigenvalue weighted by atomic mass is 16.3. The van der Waals surface area contributed by atoms with Gasteiger partial charge in [0.25, 0.3) is 0 Å². The lowest BCUT2D eigenvalue weighted by Crippen LogP contribution is -2.26. The van der Waals surface area contributed by atoms with Crippen molar-refractivity contribution in [2.75, 3.05) is 4.90 Å². The molecule has 0 atom stereocenters. The maximum Gasteiger partial charge on any atom is 0.143 e. The molecular formula is C59H37NO. The molecule has 2 nitrogen and oxygen atoms in total. The van der Waals surface area contributed by atoms with Gasteiger partial charge < -0.3 is 9.32 Å². The third kappa shape index (κ3) is 4.67. The van der Waals surface area contributed by atoms with E-state index in [9.17, 15) is 0 Å². The first-order valence-corrected chi connectivity index (χ1v) is 21.1. The minimum absolute atomic E-state index is 0.477. The average molecular weight is 776 g/mol. The summed E-state index contributed by atoms with van der Waals surface area (Å²) in [5, 5.41) is 4.60. The SMILES string of the molecule is c1ccc(-c2cccc3c2oc2cccc(N(c4ccccc4-c4cccc5ccccc45)c4cccc5c4-c4ccccc4C54c5ccccc5-c5ccccc54)c23)cc1. The Labute approximate surface area is 354 Å². The Balaban J connectivity index is 1.16. The summed E-state index contributed by atoms with van der Waals surface area (Å²) in [6, 6.07) is 82.2. The lowest BCUT2D eigenvalue weighted by molar-refractivity contribution is 0.670. The molecule has 13 rings (SSSR count). The van der Waals surface area contributed by atoms with Gasteiger partial charge in [0.15, 0.2) is 0 Å².